The second-order valence-electron chi connectivity index (χ2n) is 5.40. The van der Waals surface area contributed by atoms with Crippen LogP contribution in [0.1, 0.15) is 10.4 Å². The number of carbonyl (C=O) groups excluding carboxylic acids is 1. The average Bonchev–Trinajstić information content (AvgIpc) is 3.36. The molecule has 0 spiro atoms. The number of nitrogens with one attached hydrogen (secondary N) is 1. The number of hydrogen-bond donors (Lipinski definition) is 1. The standard InChI is InChI=1S/C18H14N6O/c25-18(14-4-3-5-17(12-14)23-10-1-2-11-23)20-15-6-8-16(9-7-15)24-13-19-21-22-24/h1-13H,(H,20,25). The highest BCUT2D eigenvalue weighted by Gasteiger charge is 2.08. The maximum absolute atomic E-state index is 12.5. The topological polar surface area (TPSA) is 77.6 Å². The van der Waals surface area contributed by atoms with Gasteiger partial charge in [-0.25, -0.2) is 4.68 Å². The first-order valence-electron chi connectivity index (χ1n) is 7.68. The lowest BCUT2D eigenvalue weighted by Gasteiger charge is -2.08. The van der Waals surface area contributed by atoms with Gasteiger partial charge in [-0.1, -0.05) is 6.07 Å². The van der Waals surface area contributed by atoms with Gasteiger partial charge < -0.3 is 9.88 Å². The molecule has 122 valence electrons. The van der Waals surface area contributed by atoms with Crippen molar-refractivity contribution in [2.45, 2.75) is 0 Å². The summed E-state index contributed by atoms with van der Waals surface area (Å²) in [6.45, 7) is 0. The van der Waals surface area contributed by atoms with Crippen LogP contribution in [0.3, 0.4) is 0 Å². The molecule has 0 radical (unpaired) electrons. The van der Waals surface area contributed by atoms with Gasteiger partial charge in [-0.15, -0.1) is 5.10 Å². The molecule has 25 heavy (non-hydrogen) atoms. The van der Waals surface area contributed by atoms with Crippen LogP contribution in [-0.2, 0) is 0 Å². The lowest BCUT2D eigenvalue weighted by atomic mass is 10.1. The molecule has 0 saturated heterocycles. The van der Waals surface area contributed by atoms with E-state index in [-0.39, 0.29) is 5.91 Å². The van der Waals surface area contributed by atoms with E-state index in [1.807, 2.05) is 71.6 Å². The molecule has 7 nitrogen and oxygen atoms in total. The van der Waals surface area contributed by atoms with E-state index >= 15 is 0 Å². The van der Waals surface area contributed by atoms with Crippen LogP contribution in [0.25, 0.3) is 11.4 Å². The van der Waals surface area contributed by atoms with Crippen molar-refractivity contribution in [1.82, 2.24) is 24.8 Å². The Morgan fingerprint density at radius 1 is 0.920 bits per heavy atom. The van der Waals surface area contributed by atoms with Gasteiger partial charge in [-0.2, -0.15) is 0 Å². The van der Waals surface area contributed by atoms with Crippen LogP contribution in [0.15, 0.2) is 79.4 Å². The van der Waals surface area contributed by atoms with Gasteiger partial charge in [0, 0.05) is 29.3 Å². The zero-order valence-electron chi connectivity index (χ0n) is 13.1. The van der Waals surface area contributed by atoms with Gasteiger partial charge in [0.05, 0.1) is 5.69 Å². The molecular formula is C18H14N6O. The minimum Gasteiger partial charge on any atom is -0.324 e. The summed E-state index contributed by atoms with van der Waals surface area (Å²) in [6.07, 6.45) is 5.39. The van der Waals surface area contributed by atoms with E-state index in [9.17, 15) is 4.79 Å². The predicted octanol–water partition coefficient (Wildman–Crippen LogP) is 2.71. The second kappa shape index (κ2) is 6.40. The van der Waals surface area contributed by atoms with Crippen molar-refractivity contribution < 1.29 is 4.79 Å². The highest BCUT2D eigenvalue weighted by atomic mass is 16.1. The molecule has 4 rings (SSSR count). The van der Waals surface area contributed by atoms with E-state index in [1.165, 1.54) is 6.33 Å². The Balaban J connectivity index is 1.51. The van der Waals surface area contributed by atoms with Crippen molar-refractivity contribution in [1.29, 1.82) is 0 Å². The van der Waals surface area contributed by atoms with Crippen LogP contribution in [0.5, 0.6) is 0 Å². The zero-order chi connectivity index (χ0) is 17.1. The third-order valence-corrected chi connectivity index (χ3v) is 3.75. The maximum atomic E-state index is 12.5. The molecule has 2 heterocycles. The summed E-state index contributed by atoms with van der Waals surface area (Å²) in [5.74, 6) is -0.163. The smallest absolute Gasteiger partial charge is 0.255 e. The van der Waals surface area contributed by atoms with E-state index in [0.717, 1.165) is 11.4 Å². The van der Waals surface area contributed by atoms with Crippen LogP contribution in [0.4, 0.5) is 5.69 Å². The summed E-state index contributed by atoms with van der Waals surface area (Å²) in [4.78, 5) is 12.5. The predicted molar refractivity (Wildman–Crippen MR) is 92.9 cm³/mol. The summed E-state index contributed by atoms with van der Waals surface area (Å²) in [6, 6.07) is 18.6. The minimum atomic E-state index is -0.163. The maximum Gasteiger partial charge on any atom is 0.255 e. The molecule has 0 saturated carbocycles. The molecule has 7 heteroatoms. The van der Waals surface area contributed by atoms with E-state index < -0.39 is 0 Å². The number of benzene rings is 2. The lowest BCUT2D eigenvalue weighted by Crippen LogP contribution is -2.12. The number of hydrogen-bond acceptors (Lipinski definition) is 4. The highest BCUT2D eigenvalue weighted by molar-refractivity contribution is 6.04. The summed E-state index contributed by atoms with van der Waals surface area (Å²) >= 11 is 0. The second-order valence-corrected chi connectivity index (χ2v) is 5.40. The van der Waals surface area contributed by atoms with Crippen molar-refractivity contribution in [2.24, 2.45) is 0 Å². The number of anilines is 1. The van der Waals surface area contributed by atoms with E-state index in [1.54, 1.807) is 10.7 Å². The van der Waals surface area contributed by atoms with Gasteiger partial charge in [-0.05, 0) is 65.0 Å². The van der Waals surface area contributed by atoms with Crippen molar-refractivity contribution in [3.8, 4) is 11.4 Å². The first-order valence-corrected chi connectivity index (χ1v) is 7.68. The average molecular weight is 330 g/mol. The van der Waals surface area contributed by atoms with Crippen LogP contribution in [0.2, 0.25) is 0 Å². The van der Waals surface area contributed by atoms with Gasteiger partial charge in [-0.3, -0.25) is 4.79 Å². The van der Waals surface area contributed by atoms with Gasteiger partial charge >= 0.3 is 0 Å². The van der Waals surface area contributed by atoms with Crippen molar-refractivity contribution in [3.05, 3.63) is 84.9 Å². The Morgan fingerprint density at radius 2 is 1.72 bits per heavy atom. The molecule has 0 unspecified atom stereocenters. The van der Waals surface area contributed by atoms with Crippen LogP contribution in [-0.4, -0.2) is 30.7 Å². The summed E-state index contributed by atoms with van der Waals surface area (Å²) in [5, 5.41) is 13.9. The van der Waals surface area contributed by atoms with Gasteiger partial charge in [0.1, 0.15) is 6.33 Å². The largest absolute Gasteiger partial charge is 0.324 e. The van der Waals surface area contributed by atoms with Crippen molar-refractivity contribution in [3.63, 3.8) is 0 Å². The Labute approximate surface area is 143 Å². The Hall–Kier alpha value is -3.74. The molecule has 0 aliphatic heterocycles. The number of rotatable bonds is 4. The SMILES string of the molecule is O=C(Nc1ccc(-n2cnnn2)cc1)c1cccc(-n2cccc2)c1. The molecular weight excluding hydrogens is 316 g/mol. The first-order chi connectivity index (χ1) is 12.3. The third kappa shape index (κ3) is 3.16. The lowest BCUT2D eigenvalue weighted by molar-refractivity contribution is 0.102. The molecule has 1 N–H and O–H groups in total. The highest BCUT2D eigenvalue weighted by Crippen LogP contribution is 2.15. The Kier molecular flexibility index (Phi) is 3.80. The van der Waals surface area contributed by atoms with Gasteiger partial charge in [0.25, 0.3) is 5.91 Å². The molecule has 0 bridgehead atoms. The zero-order valence-corrected chi connectivity index (χ0v) is 13.1. The molecule has 0 atom stereocenters. The normalized spacial score (nSPS) is 10.6. The number of tetrazole rings is 1. The number of nitrogens with zero attached hydrogens (tertiary/aromatic N) is 5. The monoisotopic (exact) mass is 330 g/mol. The molecule has 2 aromatic heterocycles. The Bertz CT molecular complexity index is 975. The van der Waals surface area contributed by atoms with E-state index in [2.05, 4.69) is 20.8 Å². The summed E-state index contributed by atoms with van der Waals surface area (Å²) in [5.41, 5.74) is 3.05. The van der Waals surface area contributed by atoms with Crippen molar-refractivity contribution >= 4 is 11.6 Å². The first kappa shape index (κ1) is 14.8. The van der Waals surface area contributed by atoms with Crippen molar-refractivity contribution in [2.75, 3.05) is 5.32 Å². The van der Waals surface area contributed by atoms with E-state index in [0.29, 0.717) is 11.3 Å². The molecule has 1 amide bonds. The molecule has 0 fully saturated rings. The molecule has 2 aromatic carbocycles. The third-order valence-electron chi connectivity index (χ3n) is 3.75. The number of amides is 1. The minimum absolute atomic E-state index is 0.163. The molecule has 4 aromatic rings. The van der Waals surface area contributed by atoms with Crippen LogP contribution < -0.4 is 5.32 Å². The van der Waals surface area contributed by atoms with Crippen LogP contribution in [0, 0.1) is 0 Å². The molecule has 0 aliphatic rings. The summed E-state index contributed by atoms with van der Waals surface area (Å²) < 4.78 is 3.50. The van der Waals surface area contributed by atoms with Gasteiger partial charge in [0.15, 0.2) is 0 Å². The molecule has 0 aliphatic carbocycles. The van der Waals surface area contributed by atoms with Crippen LogP contribution >= 0.6 is 0 Å². The Morgan fingerprint density at radius 3 is 2.44 bits per heavy atom. The number of aromatic nitrogens is 5. The fourth-order valence-electron chi connectivity index (χ4n) is 2.49. The fourth-order valence-corrected chi connectivity index (χ4v) is 2.49. The summed E-state index contributed by atoms with van der Waals surface area (Å²) in [7, 11) is 0. The quantitative estimate of drug-likeness (QED) is 0.624. The fraction of sp³-hybridized carbons (Fsp3) is 0. The van der Waals surface area contributed by atoms with Gasteiger partial charge in [0.2, 0.25) is 0 Å². The van der Waals surface area contributed by atoms with E-state index in [4.69, 9.17) is 0 Å². The number of carbonyl (C=O) groups is 1.